The number of benzene rings is 4. The third-order valence-electron chi connectivity index (χ3n) is 8.48. The molecule has 1 heteroatoms. The Morgan fingerprint density at radius 1 is 0.650 bits per heavy atom. The summed E-state index contributed by atoms with van der Waals surface area (Å²) >= 11 is -2.66. The predicted molar refractivity (Wildman–Crippen MR) is 170 cm³/mol. The van der Waals surface area contributed by atoms with Gasteiger partial charge in [0.15, 0.2) is 0 Å². The molecule has 2 aliphatic rings. The molecule has 0 saturated heterocycles. The Bertz CT molecular complexity index is 1630. The van der Waals surface area contributed by atoms with Gasteiger partial charge < -0.3 is 0 Å². The van der Waals surface area contributed by atoms with Crippen LogP contribution in [-0.4, -0.2) is 3.21 Å². The second-order valence-electron chi connectivity index (χ2n) is 13.4. The van der Waals surface area contributed by atoms with Crippen LogP contribution in [0.3, 0.4) is 0 Å². The van der Waals surface area contributed by atoms with Crippen molar-refractivity contribution >= 4 is 6.48 Å². The average molecular weight is 600 g/mol. The number of rotatable bonds is 4. The molecular weight excluding hydrogens is 560 g/mol. The van der Waals surface area contributed by atoms with E-state index in [4.69, 9.17) is 0 Å². The van der Waals surface area contributed by atoms with Crippen molar-refractivity contribution < 1.29 is 21.3 Å². The Morgan fingerprint density at radius 3 is 1.85 bits per heavy atom. The SMILES string of the molecule is CC(C)(C)c1cc2c([c]([Zr]([C]3=CC=CC3)=[C](c3ccccc3)c3ccccc3)c1)Cc1c-2cccc1C(C)(C)C. The van der Waals surface area contributed by atoms with Crippen molar-refractivity contribution in [1.29, 1.82) is 0 Å². The first-order valence-corrected chi connectivity index (χ1v) is 18.3. The van der Waals surface area contributed by atoms with Gasteiger partial charge in [-0.05, 0) is 0 Å². The number of allylic oxidation sites excluding steroid dienone is 4. The summed E-state index contributed by atoms with van der Waals surface area (Å²) in [6.07, 6.45) is 9.24. The van der Waals surface area contributed by atoms with Crippen molar-refractivity contribution in [3.8, 4) is 11.1 Å². The van der Waals surface area contributed by atoms with Gasteiger partial charge in [0, 0.05) is 0 Å². The minimum absolute atomic E-state index is 0.0738. The summed E-state index contributed by atoms with van der Waals surface area (Å²) < 4.78 is 4.93. The molecule has 0 aromatic heterocycles. The Balaban J connectivity index is 1.73. The molecule has 40 heavy (non-hydrogen) atoms. The van der Waals surface area contributed by atoms with Crippen LogP contribution < -0.4 is 3.27 Å². The number of hydrogen-bond acceptors (Lipinski definition) is 0. The van der Waals surface area contributed by atoms with Crippen molar-refractivity contribution in [2.24, 2.45) is 0 Å². The minimum atomic E-state index is -2.66. The van der Waals surface area contributed by atoms with Crippen LogP contribution in [0.5, 0.6) is 0 Å². The third-order valence-corrected chi connectivity index (χ3v) is 16.0. The first kappa shape index (κ1) is 27.3. The van der Waals surface area contributed by atoms with Gasteiger partial charge in [0.05, 0.1) is 0 Å². The van der Waals surface area contributed by atoms with Gasteiger partial charge in [0.25, 0.3) is 0 Å². The monoisotopic (exact) mass is 598 g/mol. The Hall–Kier alpha value is -2.89. The summed E-state index contributed by atoms with van der Waals surface area (Å²) in [5.74, 6) is 0. The van der Waals surface area contributed by atoms with E-state index in [9.17, 15) is 0 Å². The molecule has 4 aromatic carbocycles. The summed E-state index contributed by atoms with van der Waals surface area (Å²) in [6.45, 7) is 14.2. The molecule has 0 fully saturated rings. The summed E-state index contributed by atoms with van der Waals surface area (Å²) in [5.41, 5.74) is 12.0. The van der Waals surface area contributed by atoms with E-state index in [1.165, 1.54) is 33.4 Å². The molecule has 0 saturated carbocycles. The predicted octanol–water partition coefficient (Wildman–Crippen LogP) is 9.21. The molecule has 0 atom stereocenters. The van der Waals surface area contributed by atoms with Gasteiger partial charge in [0.1, 0.15) is 0 Å². The molecule has 6 rings (SSSR count). The maximum absolute atomic E-state index is 2.66. The van der Waals surface area contributed by atoms with E-state index >= 15 is 0 Å². The second kappa shape index (κ2) is 10.5. The van der Waals surface area contributed by atoms with E-state index in [0.29, 0.717) is 0 Å². The molecule has 0 unspecified atom stereocenters. The third kappa shape index (κ3) is 5.03. The van der Waals surface area contributed by atoms with Crippen molar-refractivity contribution in [2.45, 2.75) is 65.2 Å². The standard InChI is InChI=1S/C21H25.C13H10.C5H5.Zr/c1-20(2,3)15-11-10-14-12-18-16(17(14)13-15)8-7-9-19(18)21(4,5)6;1-3-7-12(8-4-1)11-13-9-5-2-6-10-13;1-2-4-5-3-1;/h7-9,11,13H,12H2,1-6H3;1-10H;1-3H,4H2;. The van der Waals surface area contributed by atoms with Gasteiger partial charge in [-0.1, -0.05) is 0 Å². The fourth-order valence-electron chi connectivity index (χ4n) is 6.43. The molecule has 0 N–H and O–H groups in total. The summed E-state index contributed by atoms with van der Waals surface area (Å²) in [4.78, 5) is 0. The molecule has 200 valence electrons. The molecule has 0 spiro atoms. The van der Waals surface area contributed by atoms with Crippen LogP contribution in [0.25, 0.3) is 11.1 Å². The van der Waals surface area contributed by atoms with E-state index in [2.05, 4.69) is 151 Å². The molecule has 2 aliphatic carbocycles. The van der Waals surface area contributed by atoms with Crippen molar-refractivity contribution in [1.82, 2.24) is 0 Å². The van der Waals surface area contributed by atoms with Gasteiger partial charge in [0.2, 0.25) is 0 Å². The van der Waals surface area contributed by atoms with Gasteiger partial charge in [-0.15, -0.1) is 0 Å². The van der Waals surface area contributed by atoms with Crippen LogP contribution in [0.1, 0.15) is 81.3 Å². The zero-order chi connectivity index (χ0) is 28.1. The quantitative estimate of drug-likeness (QED) is 0.193. The van der Waals surface area contributed by atoms with E-state index in [1.807, 2.05) is 0 Å². The van der Waals surface area contributed by atoms with Gasteiger partial charge in [-0.2, -0.15) is 0 Å². The van der Waals surface area contributed by atoms with E-state index in [-0.39, 0.29) is 10.8 Å². The van der Waals surface area contributed by atoms with E-state index in [1.54, 1.807) is 20.9 Å². The number of fused-ring (bicyclic) bond motifs is 3. The molecule has 0 radical (unpaired) electrons. The summed E-state index contributed by atoms with van der Waals surface area (Å²) in [5, 5.41) is 0. The van der Waals surface area contributed by atoms with Crippen molar-refractivity contribution in [3.63, 3.8) is 0 Å². The van der Waals surface area contributed by atoms with Gasteiger partial charge >= 0.3 is 250 Å². The molecule has 0 nitrogen and oxygen atoms in total. The van der Waals surface area contributed by atoms with Crippen LogP contribution in [0.2, 0.25) is 0 Å². The van der Waals surface area contributed by atoms with Crippen molar-refractivity contribution in [2.75, 3.05) is 0 Å². The van der Waals surface area contributed by atoms with Crippen LogP contribution in [0.15, 0.2) is 113 Å². The van der Waals surface area contributed by atoms with E-state index < -0.39 is 21.3 Å². The fourth-order valence-corrected chi connectivity index (χ4v) is 14.4. The molecule has 0 heterocycles. The summed E-state index contributed by atoms with van der Waals surface area (Å²) in [7, 11) is 0. The zero-order valence-corrected chi connectivity index (χ0v) is 27.3. The number of hydrogen-bond donors (Lipinski definition) is 0. The molecule has 0 bridgehead atoms. The molecular formula is C39H40Zr. The van der Waals surface area contributed by atoms with Crippen LogP contribution in [0.4, 0.5) is 0 Å². The molecule has 4 aromatic rings. The Kier molecular flexibility index (Phi) is 7.17. The summed E-state index contributed by atoms with van der Waals surface area (Å²) in [6, 6.07) is 34.7. The molecule has 0 amide bonds. The van der Waals surface area contributed by atoms with Gasteiger partial charge in [-0.25, -0.2) is 0 Å². The first-order valence-electron chi connectivity index (χ1n) is 14.6. The maximum atomic E-state index is 2.64. The topological polar surface area (TPSA) is 0 Å². The van der Waals surface area contributed by atoms with Crippen LogP contribution in [0, 0.1) is 0 Å². The van der Waals surface area contributed by atoms with Crippen LogP contribution >= 0.6 is 0 Å². The second-order valence-corrected chi connectivity index (χ2v) is 19.3. The fraction of sp³-hybridized carbons (Fsp3) is 0.256. The van der Waals surface area contributed by atoms with Crippen molar-refractivity contribution in [3.05, 3.63) is 146 Å². The zero-order valence-electron chi connectivity index (χ0n) is 24.8. The average Bonchev–Trinajstić information content (AvgIpc) is 3.59. The Labute approximate surface area is 248 Å². The van der Waals surface area contributed by atoms with Crippen LogP contribution in [-0.2, 0) is 38.5 Å². The normalized spacial score (nSPS) is 14.1. The first-order chi connectivity index (χ1) is 19.1. The van der Waals surface area contributed by atoms with Gasteiger partial charge in [-0.3, -0.25) is 0 Å². The molecule has 0 aliphatic heterocycles. The van der Waals surface area contributed by atoms with E-state index in [0.717, 1.165) is 12.8 Å². The Morgan fingerprint density at radius 2 is 1.30 bits per heavy atom.